The van der Waals surface area contributed by atoms with Crippen LogP contribution in [0.3, 0.4) is 0 Å². The first-order valence-electron chi connectivity index (χ1n) is 5.73. The molecule has 0 amide bonds. The highest BCUT2D eigenvalue weighted by Gasteiger charge is 2.35. The van der Waals surface area contributed by atoms with Gasteiger partial charge in [0.2, 0.25) is 0 Å². The second-order valence-corrected chi connectivity index (χ2v) is 4.51. The molecule has 0 bridgehead atoms. The number of nitrogen functional groups attached to an aromatic ring is 1. The second kappa shape index (κ2) is 4.41. The Bertz CT molecular complexity index is 559. The van der Waals surface area contributed by atoms with Crippen LogP contribution in [0.15, 0.2) is 42.5 Å². The van der Waals surface area contributed by atoms with Gasteiger partial charge in [-0.15, -0.1) is 0 Å². The van der Waals surface area contributed by atoms with Gasteiger partial charge in [0.25, 0.3) is 5.92 Å². The molecule has 0 saturated carbocycles. The summed E-state index contributed by atoms with van der Waals surface area (Å²) in [5, 5.41) is 0. The summed E-state index contributed by atoms with van der Waals surface area (Å²) in [5.41, 5.74) is 7.42. The third-order valence-electron chi connectivity index (χ3n) is 3.00. The van der Waals surface area contributed by atoms with Crippen molar-refractivity contribution in [2.45, 2.75) is 19.8 Å². The molecule has 0 aliphatic heterocycles. The zero-order valence-electron chi connectivity index (χ0n) is 10.4. The maximum absolute atomic E-state index is 14.4. The summed E-state index contributed by atoms with van der Waals surface area (Å²) in [5.74, 6) is -3.00. The Morgan fingerprint density at radius 2 is 1.56 bits per heavy atom. The molecule has 2 N–H and O–H groups in total. The SMILES string of the molecule is Cc1ccc(C)c(C(F)(F)c2ccc(N)cc2)c1. The van der Waals surface area contributed by atoms with Crippen molar-refractivity contribution in [2.75, 3.05) is 5.73 Å². The first-order valence-corrected chi connectivity index (χ1v) is 5.73. The van der Waals surface area contributed by atoms with Crippen LogP contribution in [0, 0.1) is 13.8 Å². The Labute approximate surface area is 105 Å². The van der Waals surface area contributed by atoms with Gasteiger partial charge in [-0.05, 0) is 37.6 Å². The standard InChI is InChI=1S/C15H15F2N/c1-10-3-4-11(2)14(9-10)15(16,17)12-5-7-13(18)8-6-12/h3-9H,18H2,1-2H3. The monoisotopic (exact) mass is 247 g/mol. The van der Waals surface area contributed by atoms with E-state index in [1.54, 1.807) is 13.0 Å². The number of alkyl halides is 2. The van der Waals surface area contributed by atoms with Gasteiger partial charge in [0.05, 0.1) is 0 Å². The molecule has 0 aromatic heterocycles. The Hall–Kier alpha value is -1.90. The minimum absolute atomic E-state index is 0.0367. The summed E-state index contributed by atoms with van der Waals surface area (Å²) < 4.78 is 28.8. The molecule has 1 nitrogen and oxygen atoms in total. The first-order chi connectivity index (χ1) is 8.41. The summed E-state index contributed by atoms with van der Waals surface area (Å²) in [6.45, 7) is 3.50. The van der Waals surface area contributed by atoms with Crippen molar-refractivity contribution in [2.24, 2.45) is 0 Å². The van der Waals surface area contributed by atoms with E-state index in [0.717, 1.165) is 5.56 Å². The van der Waals surface area contributed by atoms with E-state index in [1.165, 1.54) is 30.3 Å². The summed E-state index contributed by atoms with van der Waals surface area (Å²) >= 11 is 0. The molecule has 2 rings (SSSR count). The van der Waals surface area contributed by atoms with Crippen LogP contribution in [0.4, 0.5) is 14.5 Å². The first kappa shape index (κ1) is 12.6. The van der Waals surface area contributed by atoms with Gasteiger partial charge in [0.15, 0.2) is 0 Å². The van der Waals surface area contributed by atoms with Crippen molar-refractivity contribution in [3.05, 3.63) is 64.7 Å². The number of benzene rings is 2. The minimum atomic E-state index is -3.00. The van der Waals surface area contributed by atoms with Crippen molar-refractivity contribution in [1.29, 1.82) is 0 Å². The lowest BCUT2D eigenvalue weighted by molar-refractivity contribution is 0.0421. The highest BCUT2D eigenvalue weighted by atomic mass is 19.3. The van der Waals surface area contributed by atoms with E-state index in [1.807, 2.05) is 13.0 Å². The van der Waals surface area contributed by atoms with Crippen LogP contribution in [-0.2, 0) is 5.92 Å². The molecular weight excluding hydrogens is 232 g/mol. The highest BCUT2D eigenvalue weighted by molar-refractivity contribution is 5.45. The lowest BCUT2D eigenvalue weighted by Crippen LogP contribution is -2.17. The molecular formula is C15H15F2N. The highest BCUT2D eigenvalue weighted by Crippen LogP contribution is 2.37. The average molecular weight is 247 g/mol. The van der Waals surface area contributed by atoms with Gasteiger partial charge in [0, 0.05) is 16.8 Å². The minimum Gasteiger partial charge on any atom is -0.399 e. The lowest BCUT2D eigenvalue weighted by Gasteiger charge is -2.20. The largest absolute Gasteiger partial charge is 0.399 e. The molecule has 0 saturated heterocycles. The van der Waals surface area contributed by atoms with Gasteiger partial charge in [-0.25, -0.2) is 0 Å². The third-order valence-corrected chi connectivity index (χ3v) is 3.00. The van der Waals surface area contributed by atoms with Gasteiger partial charge in [-0.1, -0.05) is 29.8 Å². The number of anilines is 1. The molecule has 0 aliphatic carbocycles. The van der Waals surface area contributed by atoms with Gasteiger partial charge in [0.1, 0.15) is 0 Å². The summed E-state index contributed by atoms with van der Waals surface area (Å²) in [4.78, 5) is 0. The molecule has 0 fully saturated rings. The van der Waals surface area contributed by atoms with Crippen LogP contribution < -0.4 is 5.73 Å². The van der Waals surface area contributed by atoms with Gasteiger partial charge in [-0.3, -0.25) is 0 Å². The number of rotatable bonds is 2. The maximum Gasteiger partial charge on any atom is 0.298 e. The molecule has 2 aromatic carbocycles. The number of aryl methyl sites for hydroxylation is 2. The fourth-order valence-electron chi connectivity index (χ4n) is 1.92. The summed E-state index contributed by atoms with van der Waals surface area (Å²) in [7, 11) is 0. The zero-order chi connectivity index (χ0) is 13.3. The number of nitrogens with two attached hydrogens (primary N) is 1. The molecule has 94 valence electrons. The van der Waals surface area contributed by atoms with Crippen molar-refractivity contribution in [3.8, 4) is 0 Å². The third kappa shape index (κ3) is 2.21. The molecule has 0 atom stereocenters. The van der Waals surface area contributed by atoms with Crippen LogP contribution in [0.25, 0.3) is 0 Å². The Morgan fingerprint density at radius 3 is 2.17 bits per heavy atom. The number of halogens is 2. The van der Waals surface area contributed by atoms with E-state index in [-0.39, 0.29) is 11.1 Å². The van der Waals surface area contributed by atoms with Crippen LogP contribution in [0.2, 0.25) is 0 Å². The van der Waals surface area contributed by atoms with Crippen LogP contribution in [-0.4, -0.2) is 0 Å². The predicted molar refractivity (Wildman–Crippen MR) is 69.8 cm³/mol. The molecule has 0 radical (unpaired) electrons. The smallest absolute Gasteiger partial charge is 0.298 e. The molecule has 18 heavy (non-hydrogen) atoms. The van der Waals surface area contributed by atoms with Crippen LogP contribution in [0.5, 0.6) is 0 Å². The van der Waals surface area contributed by atoms with Crippen molar-refractivity contribution >= 4 is 5.69 Å². The normalized spacial score (nSPS) is 11.6. The summed E-state index contributed by atoms with van der Waals surface area (Å²) in [6, 6.07) is 10.8. The second-order valence-electron chi connectivity index (χ2n) is 4.51. The molecule has 0 spiro atoms. The van der Waals surface area contributed by atoms with E-state index >= 15 is 0 Å². The molecule has 3 heteroatoms. The topological polar surface area (TPSA) is 26.0 Å². The fourth-order valence-corrected chi connectivity index (χ4v) is 1.92. The van der Waals surface area contributed by atoms with Crippen molar-refractivity contribution < 1.29 is 8.78 Å². The lowest BCUT2D eigenvalue weighted by atomic mass is 9.95. The quantitative estimate of drug-likeness (QED) is 0.797. The van der Waals surface area contributed by atoms with E-state index in [0.29, 0.717) is 11.3 Å². The average Bonchev–Trinajstić information content (AvgIpc) is 2.32. The molecule has 2 aromatic rings. The van der Waals surface area contributed by atoms with Crippen molar-refractivity contribution in [1.82, 2.24) is 0 Å². The van der Waals surface area contributed by atoms with E-state index in [9.17, 15) is 8.78 Å². The Kier molecular flexibility index (Phi) is 3.07. The Morgan fingerprint density at radius 1 is 0.944 bits per heavy atom. The zero-order valence-corrected chi connectivity index (χ0v) is 10.4. The number of hydrogen-bond acceptors (Lipinski definition) is 1. The van der Waals surface area contributed by atoms with E-state index in [2.05, 4.69) is 0 Å². The predicted octanol–water partition coefficient (Wildman–Crippen LogP) is 4.03. The molecule has 0 heterocycles. The van der Waals surface area contributed by atoms with E-state index in [4.69, 9.17) is 5.73 Å². The van der Waals surface area contributed by atoms with Gasteiger partial charge < -0.3 is 5.73 Å². The number of hydrogen-bond donors (Lipinski definition) is 1. The van der Waals surface area contributed by atoms with E-state index < -0.39 is 5.92 Å². The molecule has 0 aliphatic rings. The molecule has 0 unspecified atom stereocenters. The van der Waals surface area contributed by atoms with Crippen LogP contribution in [0.1, 0.15) is 22.3 Å². The van der Waals surface area contributed by atoms with Crippen molar-refractivity contribution in [3.63, 3.8) is 0 Å². The Balaban J connectivity index is 2.53. The van der Waals surface area contributed by atoms with Gasteiger partial charge >= 0.3 is 0 Å². The summed E-state index contributed by atoms with van der Waals surface area (Å²) in [6.07, 6.45) is 0. The maximum atomic E-state index is 14.4. The van der Waals surface area contributed by atoms with Gasteiger partial charge in [-0.2, -0.15) is 8.78 Å². The fraction of sp³-hybridized carbons (Fsp3) is 0.200. The van der Waals surface area contributed by atoms with Crippen LogP contribution >= 0.6 is 0 Å².